The van der Waals surface area contributed by atoms with Crippen LogP contribution in [0.2, 0.25) is 0 Å². The number of aromatic nitrogens is 1. The molecule has 0 aliphatic carbocycles. The molecule has 1 aromatic heterocycles. The largest absolute Gasteiger partial charge is 0.465 e. The minimum Gasteiger partial charge on any atom is -0.465 e. The molecule has 0 bridgehead atoms. The number of methoxy groups -OCH3 is 1. The molecule has 90 valence electrons. The van der Waals surface area contributed by atoms with Gasteiger partial charge in [-0.2, -0.15) is 0 Å². The summed E-state index contributed by atoms with van der Waals surface area (Å²) in [6, 6.07) is 1.56. The molecule has 0 amide bonds. The lowest BCUT2D eigenvalue weighted by atomic mass is 10.0. The van der Waals surface area contributed by atoms with Gasteiger partial charge in [0, 0.05) is 6.20 Å². The quantitative estimate of drug-likeness (QED) is 0.779. The molecule has 0 radical (unpaired) electrons. The molecule has 2 N–H and O–H groups in total. The summed E-state index contributed by atoms with van der Waals surface area (Å²) >= 11 is 0. The molecule has 0 fully saturated rings. The van der Waals surface area contributed by atoms with E-state index in [2.05, 4.69) is 9.72 Å². The first kappa shape index (κ1) is 11.6. The number of nitrogens with two attached hydrogens (primary N) is 1. The Kier molecular flexibility index (Phi) is 3.39. The van der Waals surface area contributed by atoms with Gasteiger partial charge in [0.1, 0.15) is 0 Å². The number of ether oxygens (including phenoxy) is 2. The van der Waals surface area contributed by atoms with Crippen molar-refractivity contribution in [3.05, 3.63) is 29.6 Å². The van der Waals surface area contributed by atoms with Crippen LogP contribution in [0.15, 0.2) is 18.3 Å². The third-order valence-corrected chi connectivity index (χ3v) is 2.66. The highest BCUT2D eigenvalue weighted by Crippen LogP contribution is 2.26. The van der Waals surface area contributed by atoms with Crippen molar-refractivity contribution in [2.24, 2.45) is 0 Å². The molecule has 5 nitrogen and oxygen atoms in total. The van der Waals surface area contributed by atoms with Gasteiger partial charge in [-0.25, -0.2) is 4.79 Å². The van der Waals surface area contributed by atoms with E-state index in [0.29, 0.717) is 30.2 Å². The summed E-state index contributed by atoms with van der Waals surface area (Å²) in [5.74, 6) is -0.446. The Labute approximate surface area is 99.2 Å². The van der Waals surface area contributed by atoms with Gasteiger partial charge in [0.2, 0.25) is 0 Å². The second-order valence-electron chi connectivity index (χ2n) is 3.67. The minimum absolute atomic E-state index is 0.352. The molecule has 0 unspecified atom stereocenters. The summed E-state index contributed by atoms with van der Waals surface area (Å²) in [5, 5.41) is 0. The fourth-order valence-corrected chi connectivity index (χ4v) is 1.76. The summed E-state index contributed by atoms with van der Waals surface area (Å²) in [6.45, 7) is 1.20. The first-order valence-electron chi connectivity index (χ1n) is 5.34. The van der Waals surface area contributed by atoms with Gasteiger partial charge in [0.25, 0.3) is 0 Å². The highest BCUT2D eigenvalue weighted by Gasteiger charge is 2.17. The topological polar surface area (TPSA) is 74.4 Å². The van der Waals surface area contributed by atoms with E-state index in [9.17, 15) is 4.79 Å². The van der Waals surface area contributed by atoms with Gasteiger partial charge in [0.05, 0.1) is 37.3 Å². The van der Waals surface area contributed by atoms with Gasteiger partial charge in [-0.1, -0.05) is 6.08 Å². The number of esters is 1. The molecule has 1 aliphatic heterocycles. The van der Waals surface area contributed by atoms with E-state index >= 15 is 0 Å². The van der Waals surface area contributed by atoms with E-state index in [1.54, 1.807) is 12.3 Å². The standard InChI is InChI=1S/C12H14N2O3/c1-16-12(15)9-2-5-14-11(10(9)13)8-3-6-17-7-4-8/h2-3,5H,4,6-7,13H2,1H3. The van der Waals surface area contributed by atoms with Gasteiger partial charge in [-0.3, -0.25) is 4.98 Å². The van der Waals surface area contributed by atoms with Crippen molar-refractivity contribution in [3.8, 4) is 0 Å². The zero-order valence-electron chi connectivity index (χ0n) is 9.60. The van der Waals surface area contributed by atoms with Crippen LogP contribution >= 0.6 is 0 Å². The molecule has 0 spiro atoms. The van der Waals surface area contributed by atoms with Crippen LogP contribution in [-0.4, -0.2) is 31.3 Å². The number of anilines is 1. The zero-order chi connectivity index (χ0) is 12.3. The van der Waals surface area contributed by atoms with E-state index in [4.69, 9.17) is 10.5 Å². The lowest BCUT2D eigenvalue weighted by Crippen LogP contribution is -2.11. The lowest BCUT2D eigenvalue weighted by molar-refractivity contribution is 0.0602. The Morgan fingerprint density at radius 3 is 3.06 bits per heavy atom. The van der Waals surface area contributed by atoms with Crippen LogP contribution in [0.4, 0.5) is 5.69 Å². The van der Waals surface area contributed by atoms with E-state index in [-0.39, 0.29) is 0 Å². The maximum absolute atomic E-state index is 11.5. The van der Waals surface area contributed by atoms with Crippen molar-refractivity contribution in [1.82, 2.24) is 4.98 Å². The predicted octanol–water partition coefficient (Wildman–Crippen LogP) is 1.25. The van der Waals surface area contributed by atoms with E-state index in [1.165, 1.54) is 7.11 Å². The fraction of sp³-hybridized carbons (Fsp3) is 0.333. The van der Waals surface area contributed by atoms with Crippen LogP contribution in [0.25, 0.3) is 5.57 Å². The van der Waals surface area contributed by atoms with Crippen LogP contribution in [0.1, 0.15) is 22.5 Å². The maximum Gasteiger partial charge on any atom is 0.340 e. The molecule has 5 heteroatoms. The van der Waals surface area contributed by atoms with E-state index in [1.807, 2.05) is 6.08 Å². The summed E-state index contributed by atoms with van der Waals surface area (Å²) in [7, 11) is 1.33. The smallest absolute Gasteiger partial charge is 0.340 e. The SMILES string of the molecule is COC(=O)c1ccnc(C2=CCOCC2)c1N. The Morgan fingerprint density at radius 1 is 1.59 bits per heavy atom. The number of nitrogen functional groups attached to an aromatic ring is 1. The second kappa shape index (κ2) is 4.97. The lowest BCUT2D eigenvalue weighted by Gasteiger charge is -2.15. The van der Waals surface area contributed by atoms with Crippen molar-refractivity contribution >= 4 is 17.2 Å². The Balaban J connectivity index is 2.41. The van der Waals surface area contributed by atoms with Crippen LogP contribution in [-0.2, 0) is 9.47 Å². The third kappa shape index (κ3) is 2.29. The van der Waals surface area contributed by atoms with Gasteiger partial charge in [0.15, 0.2) is 0 Å². The van der Waals surface area contributed by atoms with Crippen molar-refractivity contribution < 1.29 is 14.3 Å². The van der Waals surface area contributed by atoms with Crippen molar-refractivity contribution in [2.45, 2.75) is 6.42 Å². The minimum atomic E-state index is -0.446. The van der Waals surface area contributed by atoms with Crippen LogP contribution in [0.5, 0.6) is 0 Å². The highest BCUT2D eigenvalue weighted by atomic mass is 16.5. The van der Waals surface area contributed by atoms with Crippen molar-refractivity contribution in [2.75, 3.05) is 26.1 Å². The number of nitrogens with zero attached hydrogens (tertiary/aromatic N) is 1. The molecule has 2 heterocycles. The van der Waals surface area contributed by atoms with Crippen LogP contribution in [0, 0.1) is 0 Å². The third-order valence-electron chi connectivity index (χ3n) is 2.66. The van der Waals surface area contributed by atoms with Crippen LogP contribution in [0.3, 0.4) is 0 Å². The molecule has 0 saturated carbocycles. The molecule has 1 aromatic rings. The van der Waals surface area contributed by atoms with Gasteiger partial charge < -0.3 is 15.2 Å². The van der Waals surface area contributed by atoms with Gasteiger partial charge >= 0.3 is 5.97 Å². The van der Waals surface area contributed by atoms with Gasteiger partial charge in [-0.15, -0.1) is 0 Å². The first-order valence-corrected chi connectivity index (χ1v) is 5.34. The van der Waals surface area contributed by atoms with Crippen LogP contribution < -0.4 is 5.73 Å². The Hall–Kier alpha value is -1.88. The van der Waals surface area contributed by atoms with E-state index in [0.717, 1.165) is 12.0 Å². The van der Waals surface area contributed by atoms with Crippen molar-refractivity contribution in [1.29, 1.82) is 0 Å². The van der Waals surface area contributed by atoms with E-state index < -0.39 is 5.97 Å². The van der Waals surface area contributed by atoms with Crippen molar-refractivity contribution in [3.63, 3.8) is 0 Å². The number of carbonyl (C=O) groups excluding carboxylic acids is 1. The normalized spacial score (nSPS) is 15.2. The maximum atomic E-state index is 11.5. The molecule has 2 rings (SSSR count). The number of carbonyl (C=O) groups is 1. The number of hydrogen-bond acceptors (Lipinski definition) is 5. The number of hydrogen-bond donors (Lipinski definition) is 1. The molecule has 0 saturated heterocycles. The Morgan fingerprint density at radius 2 is 2.41 bits per heavy atom. The zero-order valence-corrected chi connectivity index (χ0v) is 9.60. The molecule has 0 aromatic carbocycles. The summed E-state index contributed by atoms with van der Waals surface area (Å²) in [5.41, 5.74) is 8.33. The van der Waals surface area contributed by atoms with Gasteiger partial charge in [-0.05, 0) is 18.1 Å². The average molecular weight is 234 g/mol. The average Bonchev–Trinajstić information content (AvgIpc) is 2.39. The monoisotopic (exact) mass is 234 g/mol. The summed E-state index contributed by atoms with van der Waals surface area (Å²) < 4.78 is 9.89. The first-order chi connectivity index (χ1) is 8.24. The fourth-order valence-electron chi connectivity index (χ4n) is 1.76. The Bertz CT molecular complexity index is 469. The number of pyridine rings is 1. The number of rotatable bonds is 2. The predicted molar refractivity (Wildman–Crippen MR) is 63.4 cm³/mol. The summed E-state index contributed by atoms with van der Waals surface area (Å²) in [4.78, 5) is 15.7. The molecule has 1 aliphatic rings. The highest BCUT2D eigenvalue weighted by molar-refractivity contribution is 5.97. The molecule has 17 heavy (non-hydrogen) atoms. The molecule has 0 atom stereocenters. The molecular weight excluding hydrogens is 220 g/mol. The molecular formula is C12H14N2O3. The second-order valence-corrected chi connectivity index (χ2v) is 3.67. The summed E-state index contributed by atoms with van der Waals surface area (Å²) in [6.07, 6.45) is 4.25.